The molecule has 0 aromatic heterocycles. The van der Waals surface area contributed by atoms with Crippen LogP contribution in [0.3, 0.4) is 0 Å². The Kier molecular flexibility index (Phi) is 3.65. The zero-order valence-electron chi connectivity index (χ0n) is 8.16. The van der Waals surface area contributed by atoms with E-state index in [2.05, 4.69) is 0 Å². The number of carboxylic acid groups (broad SMARTS) is 1. The van der Waals surface area contributed by atoms with Gasteiger partial charge in [0.05, 0.1) is 12.2 Å². The lowest BCUT2D eigenvalue weighted by Gasteiger charge is -2.06. The quantitative estimate of drug-likeness (QED) is 0.768. The molecule has 0 radical (unpaired) electrons. The monoisotopic (exact) mass is 194 g/mol. The third-order valence-electron chi connectivity index (χ3n) is 2.14. The van der Waals surface area contributed by atoms with Crippen LogP contribution in [-0.2, 0) is 13.0 Å². The minimum atomic E-state index is -0.924. The van der Waals surface area contributed by atoms with Crippen LogP contribution in [0, 0.1) is 0 Å². The van der Waals surface area contributed by atoms with E-state index in [0.717, 1.165) is 24.0 Å². The van der Waals surface area contributed by atoms with E-state index < -0.39 is 5.97 Å². The third-order valence-corrected chi connectivity index (χ3v) is 2.14. The van der Waals surface area contributed by atoms with Crippen LogP contribution in [0.4, 0.5) is 0 Å². The van der Waals surface area contributed by atoms with Gasteiger partial charge in [-0.25, -0.2) is 4.79 Å². The van der Waals surface area contributed by atoms with Crippen LogP contribution in [0.2, 0.25) is 0 Å². The van der Waals surface area contributed by atoms with Crippen molar-refractivity contribution >= 4 is 5.97 Å². The van der Waals surface area contributed by atoms with E-state index in [0.29, 0.717) is 0 Å². The first-order valence-electron chi connectivity index (χ1n) is 4.65. The van der Waals surface area contributed by atoms with Gasteiger partial charge in [0.15, 0.2) is 0 Å². The van der Waals surface area contributed by atoms with Crippen LogP contribution in [0.25, 0.3) is 0 Å². The molecule has 0 aliphatic rings. The Morgan fingerprint density at radius 2 is 2.07 bits per heavy atom. The second-order valence-electron chi connectivity index (χ2n) is 3.20. The van der Waals surface area contributed by atoms with Crippen molar-refractivity contribution in [3.8, 4) is 0 Å². The fourth-order valence-electron chi connectivity index (χ4n) is 1.42. The highest BCUT2D eigenvalue weighted by molar-refractivity contribution is 5.87. The van der Waals surface area contributed by atoms with Gasteiger partial charge in [0, 0.05) is 0 Å². The molecule has 0 aliphatic heterocycles. The first-order valence-corrected chi connectivity index (χ1v) is 4.65. The van der Waals surface area contributed by atoms with Gasteiger partial charge in [0.2, 0.25) is 0 Å². The first kappa shape index (κ1) is 10.7. The number of aryl methyl sites for hydroxylation is 1. The minimum absolute atomic E-state index is 0.0325. The van der Waals surface area contributed by atoms with Crippen molar-refractivity contribution < 1.29 is 15.0 Å². The molecule has 76 valence electrons. The number of carbonyl (C=O) groups is 1. The standard InChI is InChI=1S/C11H14O3/c1-2-3-8-6-9(11(13)14)4-5-10(8)7-12/h4-6,12H,2-3,7H2,1H3,(H,13,14). The molecule has 14 heavy (non-hydrogen) atoms. The molecule has 1 aromatic carbocycles. The maximum absolute atomic E-state index is 10.7. The Balaban J connectivity index is 3.07. The normalized spacial score (nSPS) is 10.1. The molecule has 0 atom stereocenters. The summed E-state index contributed by atoms with van der Waals surface area (Å²) in [4.78, 5) is 10.7. The number of rotatable bonds is 4. The molecule has 0 aliphatic carbocycles. The van der Waals surface area contributed by atoms with Crippen molar-refractivity contribution in [1.29, 1.82) is 0 Å². The van der Waals surface area contributed by atoms with Crippen LogP contribution in [-0.4, -0.2) is 16.2 Å². The van der Waals surface area contributed by atoms with E-state index in [1.54, 1.807) is 12.1 Å². The van der Waals surface area contributed by atoms with E-state index >= 15 is 0 Å². The lowest BCUT2D eigenvalue weighted by molar-refractivity contribution is 0.0696. The topological polar surface area (TPSA) is 57.5 Å². The summed E-state index contributed by atoms with van der Waals surface area (Å²) >= 11 is 0. The van der Waals surface area contributed by atoms with Gasteiger partial charge in [-0.1, -0.05) is 19.4 Å². The number of benzene rings is 1. The average molecular weight is 194 g/mol. The molecule has 0 unspecified atom stereocenters. The van der Waals surface area contributed by atoms with Gasteiger partial charge >= 0.3 is 5.97 Å². The molecule has 1 rings (SSSR count). The fraction of sp³-hybridized carbons (Fsp3) is 0.364. The second kappa shape index (κ2) is 4.77. The summed E-state index contributed by atoms with van der Waals surface area (Å²) in [5.41, 5.74) is 2.03. The Morgan fingerprint density at radius 3 is 2.57 bits per heavy atom. The molecule has 0 bridgehead atoms. The molecule has 1 aromatic rings. The van der Waals surface area contributed by atoms with E-state index in [4.69, 9.17) is 10.2 Å². The number of aromatic carboxylic acids is 1. The van der Waals surface area contributed by atoms with Gasteiger partial charge in [-0.15, -0.1) is 0 Å². The minimum Gasteiger partial charge on any atom is -0.478 e. The highest BCUT2D eigenvalue weighted by atomic mass is 16.4. The molecule has 0 spiro atoms. The van der Waals surface area contributed by atoms with Crippen molar-refractivity contribution in [2.75, 3.05) is 0 Å². The molecule has 0 heterocycles. The van der Waals surface area contributed by atoms with Crippen LogP contribution < -0.4 is 0 Å². The van der Waals surface area contributed by atoms with Crippen molar-refractivity contribution in [1.82, 2.24) is 0 Å². The number of aliphatic hydroxyl groups excluding tert-OH is 1. The highest BCUT2D eigenvalue weighted by Crippen LogP contribution is 2.14. The predicted molar refractivity (Wildman–Crippen MR) is 53.3 cm³/mol. The SMILES string of the molecule is CCCc1cc(C(=O)O)ccc1CO. The highest BCUT2D eigenvalue weighted by Gasteiger charge is 2.06. The summed E-state index contributed by atoms with van der Waals surface area (Å²) in [6, 6.07) is 4.83. The zero-order valence-corrected chi connectivity index (χ0v) is 8.16. The maximum Gasteiger partial charge on any atom is 0.335 e. The second-order valence-corrected chi connectivity index (χ2v) is 3.20. The van der Waals surface area contributed by atoms with Gasteiger partial charge in [0.25, 0.3) is 0 Å². The Morgan fingerprint density at radius 1 is 1.36 bits per heavy atom. The van der Waals surface area contributed by atoms with Gasteiger partial charge in [-0.05, 0) is 29.7 Å². The molecule has 0 fully saturated rings. The van der Waals surface area contributed by atoms with Crippen molar-refractivity contribution in [3.63, 3.8) is 0 Å². The van der Waals surface area contributed by atoms with Gasteiger partial charge < -0.3 is 10.2 Å². The summed E-state index contributed by atoms with van der Waals surface area (Å²) in [7, 11) is 0. The van der Waals surface area contributed by atoms with Crippen LogP contribution in [0.5, 0.6) is 0 Å². The number of aliphatic hydroxyl groups is 1. The number of hydrogen-bond acceptors (Lipinski definition) is 2. The number of hydrogen-bond donors (Lipinski definition) is 2. The lowest BCUT2D eigenvalue weighted by Crippen LogP contribution is -2.01. The van der Waals surface area contributed by atoms with Gasteiger partial charge in [0.1, 0.15) is 0 Å². The Labute approximate surface area is 83.0 Å². The Bertz CT molecular complexity index is 331. The summed E-state index contributed by atoms with van der Waals surface area (Å²) in [5, 5.41) is 17.8. The maximum atomic E-state index is 10.7. The lowest BCUT2D eigenvalue weighted by atomic mass is 10.0. The fourth-order valence-corrected chi connectivity index (χ4v) is 1.42. The van der Waals surface area contributed by atoms with Crippen molar-refractivity contribution in [2.24, 2.45) is 0 Å². The molecule has 0 saturated heterocycles. The van der Waals surface area contributed by atoms with Gasteiger partial charge in [-0.2, -0.15) is 0 Å². The molecule has 3 nitrogen and oxygen atoms in total. The van der Waals surface area contributed by atoms with E-state index in [9.17, 15) is 4.79 Å². The molecular formula is C11H14O3. The van der Waals surface area contributed by atoms with E-state index in [1.807, 2.05) is 6.92 Å². The Hall–Kier alpha value is -1.35. The largest absolute Gasteiger partial charge is 0.478 e. The van der Waals surface area contributed by atoms with E-state index in [1.165, 1.54) is 6.07 Å². The van der Waals surface area contributed by atoms with Crippen LogP contribution >= 0.6 is 0 Å². The van der Waals surface area contributed by atoms with Crippen LogP contribution in [0.15, 0.2) is 18.2 Å². The smallest absolute Gasteiger partial charge is 0.335 e. The van der Waals surface area contributed by atoms with Crippen molar-refractivity contribution in [2.45, 2.75) is 26.4 Å². The molecular weight excluding hydrogens is 180 g/mol. The summed E-state index contributed by atoms with van der Waals surface area (Å²) in [5.74, 6) is -0.924. The van der Waals surface area contributed by atoms with Gasteiger partial charge in [-0.3, -0.25) is 0 Å². The summed E-state index contributed by atoms with van der Waals surface area (Å²) < 4.78 is 0. The molecule has 0 amide bonds. The average Bonchev–Trinajstić information content (AvgIpc) is 2.18. The van der Waals surface area contributed by atoms with Crippen molar-refractivity contribution in [3.05, 3.63) is 34.9 Å². The predicted octanol–water partition coefficient (Wildman–Crippen LogP) is 1.83. The molecule has 3 heteroatoms. The molecule has 2 N–H and O–H groups in total. The number of carboxylic acids is 1. The van der Waals surface area contributed by atoms with E-state index in [-0.39, 0.29) is 12.2 Å². The summed E-state index contributed by atoms with van der Waals surface area (Å²) in [6.07, 6.45) is 1.74. The zero-order chi connectivity index (χ0) is 10.6. The van der Waals surface area contributed by atoms with Crippen LogP contribution in [0.1, 0.15) is 34.8 Å². The summed E-state index contributed by atoms with van der Waals surface area (Å²) in [6.45, 7) is 1.99. The first-order chi connectivity index (χ1) is 6.69. The molecule has 0 saturated carbocycles. The third kappa shape index (κ3) is 2.33.